The second-order valence-electron chi connectivity index (χ2n) is 4.83. The van der Waals surface area contributed by atoms with Crippen LogP contribution in [0.4, 0.5) is 0 Å². The van der Waals surface area contributed by atoms with Gasteiger partial charge < -0.3 is 0 Å². The van der Waals surface area contributed by atoms with E-state index in [1.807, 2.05) is 0 Å². The van der Waals surface area contributed by atoms with Gasteiger partial charge in [0.05, 0.1) is 0 Å². The Bertz CT molecular complexity index is 510. The second kappa shape index (κ2) is 6.29. The van der Waals surface area contributed by atoms with Gasteiger partial charge in [-0.05, 0) is 19.1 Å². The van der Waals surface area contributed by atoms with Crippen LogP contribution in [0.5, 0.6) is 0 Å². The number of rotatable bonds is 0. The highest BCUT2D eigenvalue weighted by Crippen LogP contribution is 1.92. The molecule has 2 heterocycles. The van der Waals surface area contributed by atoms with Gasteiger partial charge in [0.1, 0.15) is 14.1 Å². The van der Waals surface area contributed by atoms with E-state index in [-0.39, 0.29) is 0 Å². The van der Waals surface area contributed by atoms with Crippen LogP contribution in [-0.4, -0.2) is 0 Å². The van der Waals surface area contributed by atoms with Crippen LogP contribution in [0.1, 0.15) is 22.6 Å². The third-order valence-corrected chi connectivity index (χ3v) is 3.27. The molecule has 0 saturated heterocycles. The molecule has 0 saturated carbocycles. The van der Waals surface area contributed by atoms with E-state index >= 15 is 0 Å². The van der Waals surface area contributed by atoms with Crippen molar-refractivity contribution >= 4 is 0 Å². The molecule has 0 bridgehead atoms. The first-order valence-electron chi connectivity index (χ1n) is 6.27. The van der Waals surface area contributed by atoms with Crippen molar-refractivity contribution < 1.29 is 9.13 Å². The number of nitrogens with zero attached hydrogens (tertiary/aromatic N) is 2. The summed E-state index contributed by atoms with van der Waals surface area (Å²) < 4.78 is 4.29. The predicted octanol–water partition coefficient (Wildman–Crippen LogP) is 2.26. The van der Waals surface area contributed by atoms with Crippen molar-refractivity contribution in [2.45, 2.75) is 27.7 Å². The molecule has 0 aliphatic heterocycles. The summed E-state index contributed by atoms with van der Waals surface area (Å²) in [6.45, 7) is 8.40. The molecule has 0 aliphatic rings. The van der Waals surface area contributed by atoms with Crippen LogP contribution in [0.2, 0.25) is 0 Å². The molecular weight excluding hydrogens is 220 g/mol. The first kappa shape index (κ1) is 14.4. The number of hydrogen-bond donors (Lipinski definition) is 0. The first-order valence-corrected chi connectivity index (χ1v) is 6.27. The quantitative estimate of drug-likeness (QED) is 0.628. The van der Waals surface area contributed by atoms with Crippen molar-refractivity contribution in [1.82, 2.24) is 0 Å². The van der Waals surface area contributed by atoms with E-state index in [0.29, 0.717) is 0 Å². The highest BCUT2D eigenvalue weighted by molar-refractivity contribution is 5.05. The molecule has 0 radical (unpaired) electrons. The number of aryl methyl sites for hydroxylation is 5. The predicted molar refractivity (Wildman–Crippen MR) is 74.2 cm³/mol. The molecule has 2 aromatic heterocycles. The van der Waals surface area contributed by atoms with Gasteiger partial charge in [0, 0.05) is 44.5 Å². The van der Waals surface area contributed by atoms with E-state index in [1.165, 1.54) is 22.6 Å². The largest absolute Gasteiger partial charge is 0.205 e. The zero-order valence-electron chi connectivity index (χ0n) is 12.4. The Morgan fingerprint density at radius 2 is 1.28 bits per heavy atom. The van der Waals surface area contributed by atoms with Crippen molar-refractivity contribution in [1.29, 1.82) is 0 Å². The van der Waals surface area contributed by atoms with Crippen molar-refractivity contribution in [2.24, 2.45) is 14.1 Å². The maximum atomic E-state index is 2.17. The number of aromatic nitrogens is 2. The second-order valence-corrected chi connectivity index (χ2v) is 4.83. The summed E-state index contributed by atoms with van der Waals surface area (Å²) in [6, 6.07) is 10.5. The van der Waals surface area contributed by atoms with Crippen LogP contribution < -0.4 is 9.13 Å². The maximum absolute atomic E-state index is 2.17. The van der Waals surface area contributed by atoms with Gasteiger partial charge in [-0.25, -0.2) is 9.13 Å². The lowest BCUT2D eigenvalue weighted by molar-refractivity contribution is -0.683. The smallest absolute Gasteiger partial charge is 0.178 e. The van der Waals surface area contributed by atoms with Crippen molar-refractivity contribution in [2.75, 3.05) is 0 Å². The van der Waals surface area contributed by atoms with Crippen LogP contribution in [0.25, 0.3) is 0 Å². The zero-order valence-corrected chi connectivity index (χ0v) is 12.4. The van der Waals surface area contributed by atoms with E-state index < -0.39 is 0 Å². The van der Waals surface area contributed by atoms with Gasteiger partial charge in [-0.15, -0.1) is 0 Å². The minimum atomic E-state index is 1.29. The van der Waals surface area contributed by atoms with Gasteiger partial charge in [0.2, 0.25) is 0 Å². The molecule has 0 aliphatic carbocycles. The Morgan fingerprint density at radius 3 is 1.67 bits per heavy atom. The van der Waals surface area contributed by atoms with Gasteiger partial charge in [-0.1, -0.05) is 0 Å². The van der Waals surface area contributed by atoms with Gasteiger partial charge in [-0.2, -0.15) is 0 Å². The molecule has 2 aromatic rings. The monoisotopic (exact) mass is 244 g/mol. The standard InChI is InChI=1S/2C8H12N/c1-7-4-5-8(2)9(3)6-7;1-7-5-4-6-8(2)9(7)3/h2*4-6H,1-3H3/q2*+1. The molecule has 18 heavy (non-hydrogen) atoms. The van der Waals surface area contributed by atoms with E-state index in [9.17, 15) is 0 Å². The molecule has 0 aromatic carbocycles. The molecular formula is C16H24N2+2. The minimum absolute atomic E-state index is 1.29. The van der Waals surface area contributed by atoms with Crippen molar-refractivity contribution in [3.8, 4) is 0 Å². The van der Waals surface area contributed by atoms with Crippen molar-refractivity contribution in [3.63, 3.8) is 0 Å². The average Bonchev–Trinajstić information content (AvgIpc) is 2.32. The van der Waals surface area contributed by atoms with E-state index in [0.717, 1.165) is 0 Å². The fourth-order valence-corrected chi connectivity index (χ4v) is 1.65. The Morgan fingerprint density at radius 1 is 0.722 bits per heavy atom. The average molecular weight is 244 g/mol. The summed E-state index contributed by atoms with van der Waals surface area (Å²) in [4.78, 5) is 0. The molecule has 0 N–H and O–H groups in total. The third-order valence-electron chi connectivity index (χ3n) is 3.27. The zero-order chi connectivity index (χ0) is 13.7. The topological polar surface area (TPSA) is 7.76 Å². The molecule has 0 unspecified atom stereocenters. The van der Waals surface area contributed by atoms with Crippen molar-refractivity contribution in [3.05, 3.63) is 59.2 Å². The number of hydrogen-bond acceptors (Lipinski definition) is 0. The summed E-state index contributed by atoms with van der Waals surface area (Å²) in [6.07, 6.45) is 2.12. The van der Waals surface area contributed by atoms with Gasteiger partial charge in [0.25, 0.3) is 0 Å². The molecule has 0 atom stereocenters. The molecule has 0 amide bonds. The van der Waals surface area contributed by atoms with Gasteiger partial charge >= 0.3 is 0 Å². The summed E-state index contributed by atoms with van der Waals surface area (Å²) >= 11 is 0. The molecule has 2 heteroatoms. The highest BCUT2D eigenvalue weighted by atomic mass is 14.9. The molecule has 2 rings (SSSR count). The summed E-state index contributed by atoms with van der Waals surface area (Å²) in [5.41, 5.74) is 5.20. The normalized spacial score (nSPS) is 9.67. The van der Waals surface area contributed by atoms with E-state index in [4.69, 9.17) is 0 Å². The molecule has 2 nitrogen and oxygen atoms in total. The fraction of sp³-hybridized carbons (Fsp3) is 0.375. The van der Waals surface area contributed by atoms with Crippen LogP contribution in [0.3, 0.4) is 0 Å². The summed E-state index contributed by atoms with van der Waals surface area (Å²) in [7, 11) is 4.13. The lowest BCUT2D eigenvalue weighted by Crippen LogP contribution is -2.34. The van der Waals surface area contributed by atoms with Crippen LogP contribution in [-0.2, 0) is 14.1 Å². The van der Waals surface area contributed by atoms with Crippen LogP contribution >= 0.6 is 0 Å². The number of pyridine rings is 2. The lowest BCUT2D eigenvalue weighted by Gasteiger charge is -1.94. The Balaban J connectivity index is 0.000000180. The molecule has 0 fully saturated rings. The maximum Gasteiger partial charge on any atom is 0.178 e. The highest BCUT2D eigenvalue weighted by Gasteiger charge is 2.00. The Hall–Kier alpha value is -1.70. The van der Waals surface area contributed by atoms with E-state index in [2.05, 4.69) is 87.5 Å². The molecule has 0 spiro atoms. The SMILES string of the molecule is Cc1ccc(C)[n+](C)c1.Cc1cccc(C)[n+]1C. The fourth-order valence-electron chi connectivity index (χ4n) is 1.65. The minimum Gasteiger partial charge on any atom is -0.205 e. The first-order chi connectivity index (χ1) is 8.41. The Labute approximate surface area is 111 Å². The van der Waals surface area contributed by atoms with Gasteiger partial charge in [-0.3, -0.25) is 0 Å². The summed E-state index contributed by atoms with van der Waals surface area (Å²) in [5, 5.41) is 0. The summed E-state index contributed by atoms with van der Waals surface area (Å²) in [5.74, 6) is 0. The van der Waals surface area contributed by atoms with Crippen LogP contribution in [0.15, 0.2) is 36.5 Å². The lowest BCUT2D eigenvalue weighted by atomic mass is 10.3. The third kappa shape index (κ3) is 3.95. The van der Waals surface area contributed by atoms with Crippen LogP contribution in [0, 0.1) is 27.7 Å². The van der Waals surface area contributed by atoms with Gasteiger partial charge in [0.15, 0.2) is 23.3 Å². The molecule has 96 valence electrons. The Kier molecular flexibility index (Phi) is 5.02. The van der Waals surface area contributed by atoms with E-state index in [1.54, 1.807) is 0 Å².